The van der Waals surface area contributed by atoms with Crippen molar-refractivity contribution in [2.45, 2.75) is 65.1 Å². The number of rotatable bonds is 3. The van der Waals surface area contributed by atoms with Gasteiger partial charge in [0, 0.05) is 6.54 Å². The van der Waals surface area contributed by atoms with Crippen LogP contribution in [0, 0.1) is 6.92 Å². The average Bonchev–Trinajstić information content (AvgIpc) is 2.95. The molecule has 5 nitrogen and oxygen atoms in total. The van der Waals surface area contributed by atoms with Crippen molar-refractivity contribution in [1.29, 1.82) is 0 Å². The maximum Gasteiger partial charge on any atom is 0.410 e. The van der Waals surface area contributed by atoms with Crippen LogP contribution in [0.4, 0.5) is 4.79 Å². The van der Waals surface area contributed by atoms with Crippen LogP contribution in [0.3, 0.4) is 0 Å². The number of amides is 2. The molecule has 2 unspecified atom stereocenters. The van der Waals surface area contributed by atoms with E-state index in [1.54, 1.807) is 4.90 Å². The van der Waals surface area contributed by atoms with Gasteiger partial charge in [0.25, 0.3) is 0 Å². The normalized spacial score (nSPS) is 19.0. The quantitative estimate of drug-likeness (QED) is 0.920. The van der Waals surface area contributed by atoms with Gasteiger partial charge < -0.3 is 10.1 Å². The van der Waals surface area contributed by atoms with E-state index in [0.29, 0.717) is 13.0 Å². The number of carbonyl (C=O) groups is 2. The van der Waals surface area contributed by atoms with E-state index < -0.39 is 17.7 Å². The molecule has 132 valence electrons. The molecule has 1 aromatic rings. The Kier molecular flexibility index (Phi) is 5.52. The molecule has 1 fully saturated rings. The van der Waals surface area contributed by atoms with Crippen LogP contribution >= 0.6 is 0 Å². The van der Waals surface area contributed by atoms with Gasteiger partial charge in [-0.3, -0.25) is 9.69 Å². The van der Waals surface area contributed by atoms with Crippen LogP contribution in [-0.4, -0.2) is 35.1 Å². The van der Waals surface area contributed by atoms with Crippen LogP contribution in [0.25, 0.3) is 0 Å². The van der Waals surface area contributed by atoms with E-state index in [9.17, 15) is 9.59 Å². The molecular formula is C19H28N2O3. The van der Waals surface area contributed by atoms with Crippen LogP contribution in [-0.2, 0) is 9.53 Å². The van der Waals surface area contributed by atoms with Gasteiger partial charge in [-0.05, 0) is 58.6 Å². The Bertz CT molecular complexity index is 607. The third-order valence-corrected chi connectivity index (χ3v) is 4.20. The monoisotopic (exact) mass is 332 g/mol. The Morgan fingerprint density at radius 2 is 1.96 bits per heavy atom. The van der Waals surface area contributed by atoms with Crippen molar-refractivity contribution < 1.29 is 14.3 Å². The number of benzene rings is 1. The summed E-state index contributed by atoms with van der Waals surface area (Å²) in [4.78, 5) is 26.5. The van der Waals surface area contributed by atoms with E-state index in [-0.39, 0.29) is 11.9 Å². The fraction of sp³-hybridized carbons (Fsp3) is 0.579. The largest absolute Gasteiger partial charge is 0.444 e. The number of nitrogens with one attached hydrogen (secondary N) is 1. The van der Waals surface area contributed by atoms with Crippen molar-refractivity contribution in [2.24, 2.45) is 0 Å². The Balaban J connectivity index is 2.03. The first-order valence-electron chi connectivity index (χ1n) is 8.54. The topological polar surface area (TPSA) is 58.6 Å². The SMILES string of the molecule is Cc1ccccc1C(C)NC(=O)C1CCCN1C(=O)OC(C)(C)C. The van der Waals surface area contributed by atoms with Crippen molar-refractivity contribution >= 4 is 12.0 Å². The zero-order valence-corrected chi connectivity index (χ0v) is 15.3. The highest BCUT2D eigenvalue weighted by Gasteiger charge is 2.37. The summed E-state index contributed by atoms with van der Waals surface area (Å²) >= 11 is 0. The number of aryl methyl sites for hydroxylation is 1. The molecule has 0 saturated carbocycles. The fourth-order valence-electron chi connectivity index (χ4n) is 3.04. The molecule has 0 bridgehead atoms. The molecule has 24 heavy (non-hydrogen) atoms. The summed E-state index contributed by atoms with van der Waals surface area (Å²) in [5.74, 6) is -0.117. The van der Waals surface area contributed by atoms with Crippen molar-refractivity contribution in [3.8, 4) is 0 Å². The Morgan fingerprint density at radius 3 is 2.58 bits per heavy atom. The minimum absolute atomic E-state index is 0.0974. The molecular weight excluding hydrogens is 304 g/mol. The minimum Gasteiger partial charge on any atom is -0.444 e. The lowest BCUT2D eigenvalue weighted by atomic mass is 10.0. The molecule has 0 aromatic heterocycles. The van der Waals surface area contributed by atoms with Gasteiger partial charge in [-0.1, -0.05) is 24.3 Å². The number of carbonyl (C=O) groups excluding carboxylic acids is 2. The summed E-state index contributed by atoms with van der Waals surface area (Å²) in [6.07, 6.45) is 1.07. The van der Waals surface area contributed by atoms with Gasteiger partial charge in [0.1, 0.15) is 11.6 Å². The summed E-state index contributed by atoms with van der Waals surface area (Å²) in [5, 5.41) is 3.04. The zero-order valence-electron chi connectivity index (χ0n) is 15.3. The van der Waals surface area contributed by atoms with Crippen molar-refractivity contribution in [2.75, 3.05) is 6.54 Å². The highest BCUT2D eigenvalue weighted by Crippen LogP contribution is 2.23. The van der Waals surface area contributed by atoms with Crippen molar-refractivity contribution in [1.82, 2.24) is 10.2 Å². The van der Waals surface area contributed by atoms with E-state index in [1.807, 2.05) is 58.9 Å². The molecule has 5 heteroatoms. The first-order valence-corrected chi connectivity index (χ1v) is 8.54. The average molecular weight is 332 g/mol. The zero-order chi connectivity index (χ0) is 17.9. The summed E-state index contributed by atoms with van der Waals surface area (Å²) < 4.78 is 5.42. The summed E-state index contributed by atoms with van der Waals surface area (Å²) in [5.41, 5.74) is 1.67. The van der Waals surface area contributed by atoms with Gasteiger partial charge in [0.15, 0.2) is 0 Å². The second-order valence-corrected chi connectivity index (χ2v) is 7.42. The third kappa shape index (κ3) is 4.49. The lowest BCUT2D eigenvalue weighted by molar-refractivity contribution is -0.126. The summed E-state index contributed by atoms with van der Waals surface area (Å²) in [6.45, 7) is 10.0. The van der Waals surface area contributed by atoms with Gasteiger partial charge in [-0.15, -0.1) is 0 Å². The molecule has 2 atom stereocenters. The standard InChI is InChI=1S/C19H28N2O3/c1-13-9-6-7-10-15(13)14(2)20-17(22)16-11-8-12-21(16)18(23)24-19(3,4)5/h6-7,9-10,14,16H,8,11-12H2,1-5H3,(H,20,22). The maximum atomic E-state index is 12.7. The number of hydrogen-bond acceptors (Lipinski definition) is 3. The van der Waals surface area contributed by atoms with E-state index in [2.05, 4.69) is 5.32 Å². The van der Waals surface area contributed by atoms with E-state index >= 15 is 0 Å². The molecule has 2 amide bonds. The molecule has 1 aromatic carbocycles. The molecule has 2 rings (SSSR count). The van der Waals surface area contributed by atoms with E-state index in [0.717, 1.165) is 17.5 Å². The van der Waals surface area contributed by atoms with Crippen LogP contribution in [0.5, 0.6) is 0 Å². The Hall–Kier alpha value is -2.04. The predicted molar refractivity (Wildman–Crippen MR) is 93.7 cm³/mol. The molecule has 1 aliphatic heterocycles. The molecule has 0 radical (unpaired) electrons. The number of nitrogens with zero attached hydrogens (tertiary/aromatic N) is 1. The highest BCUT2D eigenvalue weighted by molar-refractivity contribution is 5.86. The first-order chi connectivity index (χ1) is 11.2. The number of likely N-dealkylation sites (tertiary alicyclic amines) is 1. The molecule has 0 spiro atoms. The molecule has 0 aliphatic carbocycles. The smallest absolute Gasteiger partial charge is 0.410 e. The third-order valence-electron chi connectivity index (χ3n) is 4.20. The van der Waals surface area contributed by atoms with Crippen LogP contribution < -0.4 is 5.32 Å². The summed E-state index contributed by atoms with van der Waals surface area (Å²) in [7, 11) is 0. The summed E-state index contributed by atoms with van der Waals surface area (Å²) in [6, 6.07) is 7.44. The van der Waals surface area contributed by atoms with Crippen LogP contribution in [0.15, 0.2) is 24.3 Å². The number of ether oxygens (including phenoxy) is 1. The number of hydrogen-bond donors (Lipinski definition) is 1. The van der Waals surface area contributed by atoms with Gasteiger partial charge in [0.05, 0.1) is 6.04 Å². The lowest BCUT2D eigenvalue weighted by Gasteiger charge is -2.29. The second kappa shape index (κ2) is 7.24. The Labute approximate surface area is 144 Å². The molecule has 1 saturated heterocycles. The van der Waals surface area contributed by atoms with Gasteiger partial charge >= 0.3 is 6.09 Å². The molecule has 1 aliphatic rings. The predicted octanol–water partition coefficient (Wildman–Crippen LogP) is 3.57. The van der Waals surface area contributed by atoms with Crippen molar-refractivity contribution in [3.63, 3.8) is 0 Å². The minimum atomic E-state index is -0.560. The van der Waals surface area contributed by atoms with E-state index in [4.69, 9.17) is 4.74 Å². The molecule has 1 heterocycles. The highest BCUT2D eigenvalue weighted by atomic mass is 16.6. The maximum absolute atomic E-state index is 12.7. The van der Waals surface area contributed by atoms with Gasteiger partial charge in [0.2, 0.25) is 5.91 Å². The molecule has 1 N–H and O–H groups in total. The second-order valence-electron chi connectivity index (χ2n) is 7.42. The van der Waals surface area contributed by atoms with Gasteiger partial charge in [-0.2, -0.15) is 0 Å². The van der Waals surface area contributed by atoms with E-state index in [1.165, 1.54) is 0 Å². The van der Waals surface area contributed by atoms with Gasteiger partial charge in [-0.25, -0.2) is 4.79 Å². The Morgan fingerprint density at radius 1 is 1.29 bits per heavy atom. The van der Waals surface area contributed by atoms with Crippen LogP contribution in [0.1, 0.15) is 57.7 Å². The van der Waals surface area contributed by atoms with Crippen LogP contribution in [0.2, 0.25) is 0 Å². The van der Waals surface area contributed by atoms with Crippen molar-refractivity contribution in [3.05, 3.63) is 35.4 Å². The first kappa shape index (κ1) is 18.3. The lowest BCUT2D eigenvalue weighted by Crippen LogP contribution is -2.48. The fourth-order valence-corrected chi connectivity index (χ4v) is 3.04.